The van der Waals surface area contributed by atoms with Crippen LogP contribution in [0.4, 0.5) is 0 Å². The lowest BCUT2D eigenvalue weighted by atomic mass is 10.1. The van der Waals surface area contributed by atoms with Gasteiger partial charge in [-0.05, 0) is 35.6 Å². The van der Waals surface area contributed by atoms with Crippen LogP contribution in [-0.2, 0) is 0 Å². The molecule has 8 rings (SSSR count). The molecule has 4 aromatic carbocycles. The van der Waals surface area contributed by atoms with Gasteiger partial charge in [0.2, 0.25) is 11.3 Å². The van der Waals surface area contributed by atoms with Crippen LogP contribution in [-0.4, -0.2) is 48.9 Å². The van der Waals surface area contributed by atoms with Crippen LogP contribution in [0, 0.1) is 0 Å². The van der Waals surface area contributed by atoms with Gasteiger partial charge in [-0.15, -0.1) is 7.91 Å². The smallest absolute Gasteiger partial charge is 0.291 e. The summed E-state index contributed by atoms with van der Waals surface area (Å²) in [7, 11) is 1.85. The number of hydrogen-bond donors (Lipinski definition) is 4. The minimum absolute atomic E-state index is 0.228. The summed E-state index contributed by atoms with van der Waals surface area (Å²) in [4.78, 5) is 15.6. The summed E-state index contributed by atoms with van der Waals surface area (Å²) in [5, 5.41) is 27.7. The van der Waals surface area contributed by atoms with Gasteiger partial charge < -0.3 is 21.3 Å². The van der Waals surface area contributed by atoms with Gasteiger partial charge in [-0.3, -0.25) is 0 Å². The lowest BCUT2D eigenvalue weighted by Crippen LogP contribution is -2.40. The van der Waals surface area contributed by atoms with Crippen LogP contribution in [0.2, 0.25) is 0 Å². The summed E-state index contributed by atoms with van der Waals surface area (Å²) in [6.45, 7) is 4.21. The molecule has 0 fully saturated rings. The zero-order valence-electron chi connectivity index (χ0n) is 24.2. The van der Waals surface area contributed by atoms with Gasteiger partial charge in [0.25, 0.3) is 30.1 Å². The van der Waals surface area contributed by atoms with E-state index in [2.05, 4.69) is 24.0 Å². The second kappa shape index (κ2) is 10.3. The molecule has 0 aliphatic carbocycles. The molecular formula is C34H28N8O2S+2. The predicted octanol–water partition coefficient (Wildman–Crippen LogP) is 1.08. The Bertz CT molecular complexity index is 2410. The van der Waals surface area contributed by atoms with Crippen molar-refractivity contribution in [2.45, 2.75) is 12.6 Å². The van der Waals surface area contributed by atoms with E-state index >= 15 is 0 Å². The third-order valence-electron chi connectivity index (χ3n) is 8.22. The van der Waals surface area contributed by atoms with E-state index in [4.69, 9.17) is 20.7 Å². The maximum absolute atomic E-state index is 10.4. The largest absolute Gasteiger partial charge is 0.373 e. The number of aliphatic hydroxyl groups excluding tert-OH is 1. The van der Waals surface area contributed by atoms with Gasteiger partial charge in [0.1, 0.15) is 5.82 Å². The van der Waals surface area contributed by atoms with Crippen molar-refractivity contribution < 1.29 is 18.7 Å². The number of hydrogen-bond acceptors (Lipinski definition) is 8. The normalized spacial score (nSPS) is 17.4. The molecule has 0 aromatic heterocycles. The molecule has 0 bridgehead atoms. The Morgan fingerprint density at radius 1 is 0.933 bits per heavy atom. The standard InChI is InChI=1S/C34H27N8O2S/c1-19-11-3-4-12-20(19)28(36-2)37-30-23-15-7-8-16-24(23)32-39-33-26-18-10-9-17-25(26)31(42(33)45-41(30)32)38-29-22-14-6-5-13-21(22)27(35)40(29)34(43)44/h3-18,31,34-36,43-44H,1H2,2H3/q+1/p+1/b28-20+,37-30-,38-29-. The molecule has 4 aromatic rings. The topological polar surface area (TPSA) is 128 Å². The van der Waals surface area contributed by atoms with E-state index in [-0.39, 0.29) is 5.84 Å². The highest BCUT2D eigenvalue weighted by molar-refractivity contribution is 6.96. The molecule has 1 atom stereocenters. The van der Waals surface area contributed by atoms with Crippen LogP contribution in [0.1, 0.15) is 22.9 Å². The number of nitrogens with two attached hydrogens (primary N) is 1. The van der Waals surface area contributed by atoms with Crippen molar-refractivity contribution >= 4 is 46.6 Å². The van der Waals surface area contributed by atoms with Crippen molar-refractivity contribution in [3.63, 3.8) is 0 Å². The minimum atomic E-state index is -1.87. The van der Waals surface area contributed by atoms with Crippen LogP contribution < -0.4 is 30.9 Å². The quantitative estimate of drug-likeness (QED) is 0.175. The van der Waals surface area contributed by atoms with Crippen molar-refractivity contribution in [3.05, 3.63) is 130 Å². The van der Waals surface area contributed by atoms with Gasteiger partial charge >= 0.3 is 0 Å². The molecule has 10 nitrogen and oxygen atoms in total. The van der Waals surface area contributed by atoms with E-state index in [1.807, 2.05) is 99.9 Å². The molecule has 0 saturated heterocycles. The Balaban J connectivity index is 1.44. The van der Waals surface area contributed by atoms with Gasteiger partial charge in [-0.1, -0.05) is 83.3 Å². The Hall–Kier alpha value is -5.49. The second-order valence-corrected chi connectivity index (χ2v) is 11.7. The monoisotopic (exact) mass is 612 g/mol. The fourth-order valence-corrected chi connectivity index (χ4v) is 7.21. The van der Waals surface area contributed by atoms with E-state index in [1.165, 1.54) is 16.3 Å². The fourth-order valence-electron chi connectivity index (χ4n) is 6.14. The summed E-state index contributed by atoms with van der Waals surface area (Å²) in [6, 6.07) is 31.5. The number of benzene rings is 4. The number of nitrogens with one attached hydrogen (secondary N) is 1. The van der Waals surface area contributed by atoms with Crippen molar-refractivity contribution in [2.24, 2.45) is 15.7 Å². The third kappa shape index (κ3) is 4.06. The SMILES string of the molecule is C=c1cccc/c1=C(\N=c1\c2ccccc2c2nc3[n+](sn1-2)C(/N=C1/c2ccccc2C(N)=[N+]1C(O)O)c1ccccc1-3)NC. The Labute approximate surface area is 261 Å². The number of fused-ring (bicyclic) bond motifs is 7. The van der Waals surface area contributed by atoms with E-state index in [1.54, 1.807) is 0 Å². The average Bonchev–Trinajstić information content (AvgIpc) is 3.65. The van der Waals surface area contributed by atoms with Crippen LogP contribution in [0.25, 0.3) is 40.4 Å². The summed E-state index contributed by atoms with van der Waals surface area (Å²) in [6.07, 6.45) is -2.42. The third-order valence-corrected chi connectivity index (χ3v) is 9.28. The van der Waals surface area contributed by atoms with Gasteiger partial charge in [-0.2, -0.15) is 9.57 Å². The molecule has 11 heteroatoms. The van der Waals surface area contributed by atoms with E-state index in [0.717, 1.165) is 55.0 Å². The van der Waals surface area contributed by atoms with E-state index < -0.39 is 12.6 Å². The molecule has 1 unspecified atom stereocenters. The van der Waals surface area contributed by atoms with Crippen molar-refractivity contribution in [3.8, 4) is 17.2 Å². The Kier molecular flexibility index (Phi) is 6.20. The molecule has 45 heavy (non-hydrogen) atoms. The number of rotatable bonds is 4. The highest BCUT2D eigenvalue weighted by Crippen LogP contribution is 2.36. The molecule has 4 heterocycles. The van der Waals surface area contributed by atoms with Crippen LogP contribution in [0.3, 0.4) is 0 Å². The Morgan fingerprint density at radius 2 is 1.60 bits per heavy atom. The molecule has 0 amide bonds. The first-order valence-electron chi connectivity index (χ1n) is 14.4. The molecule has 0 spiro atoms. The van der Waals surface area contributed by atoms with Gasteiger partial charge in [0, 0.05) is 23.2 Å². The maximum atomic E-state index is 10.4. The second-order valence-electron chi connectivity index (χ2n) is 10.8. The highest BCUT2D eigenvalue weighted by atomic mass is 32.1. The molecule has 4 aliphatic heterocycles. The number of aromatic nitrogens is 3. The molecular weight excluding hydrogens is 584 g/mol. The number of aliphatic hydroxyl groups is 2. The first kappa shape index (κ1) is 27.1. The lowest BCUT2D eigenvalue weighted by Gasteiger charge is -2.09. The first-order valence-corrected chi connectivity index (χ1v) is 15.1. The van der Waals surface area contributed by atoms with Crippen LogP contribution in [0.5, 0.6) is 0 Å². The minimum Gasteiger partial charge on any atom is -0.373 e. The number of nitrogens with zero attached hydrogens (tertiary/aromatic N) is 6. The number of aliphatic imine (C=N–C) groups is 1. The molecule has 0 radical (unpaired) electrons. The van der Waals surface area contributed by atoms with Crippen LogP contribution >= 0.6 is 11.7 Å². The molecule has 5 N–H and O–H groups in total. The zero-order valence-corrected chi connectivity index (χ0v) is 25.0. The highest BCUT2D eigenvalue weighted by Gasteiger charge is 2.43. The summed E-state index contributed by atoms with van der Waals surface area (Å²) in [5.74, 6) is 2.81. The number of amidine groups is 2. The first-order chi connectivity index (χ1) is 22.0. The van der Waals surface area contributed by atoms with Crippen LogP contribution in [0.15, 0.2) is 107 Å². The molecule has 220 valence electrons. The Morgan fingerprint density at radius 3 is 2.36 bits per heavy atom. The van der Waals surface area contributed by atoms with Gasteiger partial charge in [0.05, 0.1) is 22.1 Å². The summed E-state index contributed by atoms with van der Waals surface area (Å²) in [5.41, 5.74) is 10.4. The van der Waals surface area contributed by atoms with Crippen molar-refractivity contribution in [1.82, 2.24) is 14.3 Å². The van der Waals surface area contributed by atoms with Gasteiger partial charge in [0.15, 0.2) is 11.7 Å². The molecule has 4 aliphatic rings. The average molecular weight is 613 g/mol. The zero-order chi connectivity index (χ0) is 30.8. The summed E-state index contributed by atoms with van der Waals surface area (Å²) >= 11 is 1.45. The van der Waals surface area contributed by atoms with Gasteiger partial charge in [-0.25, -0.2) is 0 Å². The predicted molar refractivity (Wildman–Crippen MR) is 173 cm³/mol. The maximum Gasteiger partial charge on any atom is 0.291 e. The van der Waals surface area contributed by atoms with E-state index in [0.29, 0.717) is 17.2 Å². The van der Waals surface area contributed by atoms with Crippen molar-refractivity contribution in [2.75, 3.05) is 7.05 Å². The molecule has 0 saturated carbocycles. The van der Waals surface area contributed by atoms with Crippen molar-refractivity contribution in [1.29, 1.82) is 0 Å². The van der Waals surface area contributed by atoms with E-state index in [9.17, 15) is 10.2 Å². The fraction of sp³-hybridized carbons (Fsp3) is 0.0882. The lowest BCUT2D eigenvalue weighted by molar-refractivity contribution is -0.636. The summed E-state index contributed by atoms with van der Waals surface area (Å²) < 4.78 is 5.31.